The van der Waals surface area contributed by atoms with Gasteiger partial charge in [0.2, 0.25) is 17.8 Å². The SMILES string of the molecule is CN1CCN(C(=O)Cn2nc(Nc3ccccc3)nc2N)CC1. The van der Waals surface area contributed by atoms with Gasteiger partial charge in [0.05, 0.1) is 0 Å². The van der Waals surface area contributed by atoms with Crippen LogP contribution >= 0.6 is 0 Å². The molecule has 1 aliphatic heterocycles. The summed E-state index contributed by atoms with van der Waals surface area (Å²) in [4.78, 5) is 20.5. The summed E-state index contributed by atoms with van der Waals surface area (Å²) in [7, 11) is 2.05. The first-order valence-corrected chi connectivity index (χ1v) is 7.60. The molecule has 3 rings (SSSR count). The second-order valence-electron chi connectivity index (χ2n) is 5.63. The number of benzene rings is 1. The van der Waals surface area contributed by atoms with E-state index in [9.17, 15) is 4.79 Å². The van der Waals surface area contributed by atoms with Crippen molar-refractivity contribution in [1.29, 1.82) is 0 Å². The number of hydrogen-bond acceptors (Lipinski definition) is 6. The van der Waals surface area contributed by atoms with E-state index in [0.717, 1.165) is 31.9 Å². The van der Waals surface area contributed by atoms with Crippen molar-refractivity contribution in [2.45, 2.75) is 6.54 Å². The summed E-state index contributed by atoms with van der Waals surface area (Å²) in [6.45, 7) is 3.36. The minimum absolute atomic E-state index is 0.0148. The third kappa shape index (κ3) is 3.78. The molecule has 1 aliphatic rings. The van der Waals surface area contributed by atoms with Gasteiger partial charge in [-0.15, -0.1) is 5.10 Å². The number of nitrogen functional groups attached to an aromatic ring is 1. The molecule has 0 unspecified atom stereocenters. The Kier molecular flexibility index (Phi) is 4.42. The summed E-state index contributed by atoms with van der Waals surface area (Å²) in [5.74, 6) is 0.631. The number of rotatable bonds is 4. The number of carbonyl (C=O) groups is 1. The number of amides is 1. The topological polar surface area (TPSA) is 92.3 Å². The second kappa shape index (κ2) is 6.66. The summed E-state index contributed by atoms with van der Waals surface area (Å²) in [5.41, 5.74) is 6.74. The van der Waals surface area contributed by atoms with Crippen molar-refractivity contribution in [2.24, 2.45) is 0 Å². The highest BCUT2D eigenvalue weighted by Crippen LogP contribution is 2.14. The number of hydrogen-bond donors (Lipinski definition) is 2. The molecular weight excluding hydrogens is 294 g/mol. The largest absolute Gasteiger partial charge is 0.368 e. The monoisotopic (exact) mass is 315 g/mol. The number of para-hydroxylation sites is 1. The summed E-state index contributed by atoms with van der Waals surface area (Å²) < 4.78 is 1.44. The first-order chi connectivity index (χ1) is 11.1. The van der Waals surface area contributed by atoms with Crippen LogP contribution in [0, 0.1) is 0 Å². The fourth-order valence-corrected chi connectivity index (χ4v) is 2.46. The van der Waals surface area contributed by atoms with Crippen molar-refractivity contribution in [3.05, 3.63) is 30.3 Å². The molecule has 1 aromatic heterocycles. The van der Waals surface area contributed by atoms with Gasteiger partial charge in [0, 0.05) is 31.9 Å². The molecule has 0 saturated carbocycles. The lowest BCUT2D eigenvalue weighted by Crippen LogP contribution is -2.48. The van der Waals surface area contributed by atoms with Crippen LogP contribution < -0.4 is 11.1 Å². The van der Waals surface area contributed by atoms with Crippen LogP contribution in [0.5, 0.6) is 0 Å². The predicted molar refractivity (Wildman–Crippen MR) is 88.2 cm³/mol. The summed E-state index contributed by atoms with van der Waals surface area (Å²) in [5, 5.41) is 7.34. The Hall–Kier alpha value is -2.61. The molecule has 0 aliphatic carbocycles. The third-order valence-electron chi connectivity index (χ3n) is 3.87. The second-order valence-corrected chi connectivity index (χ2v) is 5.63. The summed E-state index contributed by atoms with van der Waals surface area (Å²) >= 11 is 0. The van der Waals surface area contributed by atoms with E-state index in [0.29, 0.717) is 5.95 Å². The molecule has 122 valence electrons. The lowest BCUT2D eigenvalue weighted by molar-refractivity contribution is -0.133. The van der Waals surface area contributed by atoms with Crippen LogP contribution in [0.3, 0.4) is 0 Å². The van der Waals surface area contributed by atoms with Crippen LogP contribution in [0.1, 0.15) is 0 Å². The minimum Gasteiger partial charge on any atom is -0.368 e. The fourth-order valence-electron chi connectivity index (χ4n) is 2.46. The standard InChI is InChI=1S/C15H21N7O/c1-20-7-9-21(10-8-20)13(23)11-22-14(16)18-15(19-22)17-12-5-3-2-4-6-12/h2-6H,7-11H2,1H3,(H3,16,17,18,19). The molecule has 3 N–H and O–H groups in total. The van der Waals surface area contributed by atoms with Crippen LogP contribution in [0.4, 0.5) is 17.6 Å². The van der Waals surface area contributed by atoms with Crippen LogP contribution in [-0.2, 0) is 11.3 Å². The minimum atomic E-state index is 0.0148. The maximum Gasteiger partial charge on any atom is 0.248 e. The van der Waals surface area contributed by atoms with Gasteiger partial charge in [-0.3, -0.25) is 4.79 Å². The number of aromatic nitrogens is 3. The Morgan fingerprint density at radius 2 is 1.91 bits per heavy atom. The molecule has 1 amide bonds. The molecule has 2 aromatic rings. The summed E-state index contributed by atoms with van der Waals surface area (Å²) in [6.07, 6.45) is 0. The number of nitrogens with zero attached hydrogens (tertiary/aromatic N) is 5. The molecular formula is C15H21N7O. The van der Waals surface area contributed by atoms with Gasteiger partial charge in [-0.1, -0.05) is 18.2 Å². The molecule has 8 heteroatoms. The van der Waals surface area contributed by atoms with E-state index < -0.39 is 0 Å². The molecule has 0 spiro atoms. The first kappa shape index (κ1) is 15.3. The zero-order valence-electron chi connectivity index (χ0n) is 13.1. The van der Waals surface area contributed by atoms with E-state index in [1.165, 1.54) is 4.68 Å². The van der Waals surface area contributed by atoms with Crippen molar-refractivity contribution in [1.82, 2.24) is 24.6 Å². The smallest absolute Gasteiger partial charge is 0.248 e. The molecule has 8 nitrogen and oxygen atoms in total. The lowest BCUT2D eigenvalue weighted by atomic mass is 10.3. The van der Waals surface area contributed by atoms with E-state index in [2.05, 4.69) is 27.3 Å². The van der Waals surface area contributed by atoms with Gasteiger partial charge in [0.25, 0.3) is 0 Å². The van der Waals surface area contributed by atoms with Gasteiger partial charge in [-0.05, 0) is 19.2 Å². The van der Waals surface area contributed by atoms with Gasteiger partial charge in [-0.25, -0.2) is 4.68 Å². The molecule has 0 radical (unpaired) electrons. The zero-order valence-corrected chi connectivity index (χ0v) is 13.1. The van der Waals surface area contributed by atoms with Gasteiger partial charge in [0.1, 0.15) is 6.54 Å². The molecule has 1 fully saturated rings. The highest BCUT2D eigenvalue weighted by Gasteiger charge is 2.20. The van der Waals surface area contributed by atoms with Gasteiger partial charge >= 0.3 is 0 Å². The maximum absolute atomic E-state index is 12.3. The molecule has 1 saturated heterocycles. The van der Waals surface area contributed by atoms with Crippen molar-refractivity contribution in [2.75, 3.05) is 44.3 Å². The number of likely N-dealkylation sites (N-methyl/N-ethyl adjacent to an activating group) is 1. The zero-order chi connectivity index (χ0) is 16.2. The van der Waals surface area contributed by atoms with Crippen LogP contribution in [0.25, 0.3) is 0 Å². The fraction of sp³-hybridized carbons (Fsp3) is 0.400. The van der Waals surface area contributed by atoms with Gasteiger partial charge < -0.3 is 20.9 Å². The predicted octanol–water partition coefficient (Wildman–Crippen LogP) is 0.378. The van der Waals surface area contributed by atoms with Gasteiger partial charge in [-0.2, -0.15) is 4.98 Å². The Morgan fingerprint density at radius 3 is 2.61 bits per heavy atom. The highest BCUT2D eigenvalue weighted by atomic mass is 16.2. The molecule has 1 aromatic carbocycles. The number of nitrogens with two attached hydrogens (primary N) is 1. The highest BCUT2D eigenvalue weighted by molar-refractivity contribution is 5.76. The lowest BCUT2D eigenvalue weighted by Gasteiger charge is -2.32. The first-order valence-electron chi connectivity index (χ1n) is 7.60. The van der Waals surface area contributed by atoms with Crippen LogP contribution in [-0.4, -0.2) is 63.7 Å². The van der Waals surface area contributed by atoms with Crippen molar-refractivity contribution < 1.29 is 4.79 Å². The molecule has 2 heterocycles. The van der Waals surface area contributed by atoms with E-state index >= 15 is 0 Å². The Bertz CT molecular complexity index is 662. The van der Waals surface area contributed by atoms with Crippen LogP contribution in [0.2, 0.25) is 0 Å². The normalized spacial score (nSPS) is 15.6. The van der Waals surface area contributed by atoms with Crippen molar-refractivity contribution in [3.63, 3.8) is 0 Å². The molecule has 0 bridgehead atoms. The third-order valence-corrected chi connectivity index (χ3v) is 3.87. The average Bonchev–Trinajstić information content (AvgIpc) is 2.88. The number of nitrogens with one attached hydrogen (secondary N) is 1. The Morgan fingerprint density at radius 1 is 1.22 bits per heavy atom. The van der Waals surface area contributed by atoms with Crippen molar-refractivity contribution in [3.8, 4) is 0 Å². The average molecular weight is 315 g/mol. The van der Waals surface area contributed by atoms with E-state index in [1.54, 1.807) is 0 Å². The van der Waals surface area contributed by atoms with E-state index in [4.69, 9.17) is 5.73 Å². The van der Waals surface area contributed by atoms with E-state index in [-0.39, 0.29) is 18.4 Å². The number of piperazine rings is 1. The maximum atomic E-state index is 12.3. The summed E-state index contributed by atoms with van der Waals surface area (Å²) in [6, 6.07) is 9.58. The molecule has 23 heavy (non-hydrogen) atoms. The Labute approximate surface area is 134 Å². The molecule has 0 atom stereocenters. The van der Waals surface area contributed by atoms with Crippen molar-refractivity contribution >= 4 is 23.5 Å². The van der Waals surface area contributed by atoms with E-state index in [1.807, 2.05) is 35.2 Å². The van der Waals surface area contributed by atoms with Gasteiger partial charge in [0.15, 0.2) is 0 Å². The number of carbonyl (C=O) groups excluding carboxylic acids is 1. The number of anilines is 3. The quantitative estimate of drug-likeness (QED) is 0.847. The van der Waals surface area contributed by atoms with Crippen LogP contribution in [0.15, 0.2) is 30.3 Å². The Balaban J connectivity index is 1.63.